The van der Waals surface area contributed by atoms with E-state index in [-0.39, 0.29) is 18.5 Å². The third-order valence-electron chi connectivity index (χ3n) is 9.91. The summed E-state index contributed by atoms with van der Waals surface area (Å²) in [6.45, 7) is 6.41. The summed E-state index contributed by atoms with van der Waals surface area (Å²) in [6.07, 6.45) is 6.51. The molecule has 4 N–H and O–H groups in total. The molecule has 5 amide bonds. The topological polar surface area (TPSA) is 201 Å². The molecule has 298 valence electrons. The zero-order valence-electron chi connectivity index (χ0n) is 32.4. The van der Waals surface area contributed by atoms with Gasteiger partial charge in [-0.3, -0.25) is 24.5 Å². The average molecular weight is 777 g/mol. The van der Waals surface area contributed by atoms with Gasteiger partial charge >= 0.3 is 18.1 Å². The van der Waals surface area contributed by atoms with Crippen molar-refractivity contribution in [1.29, 1.82) is 0 Å². The number of carbonyl (C=O) groups is 5. The number of amides is 5. The minimum atomic E-state index is -1.45. The van der Waals surface area contributed by atoms with Crippen LogP contribution in [0.5, 0.6) is 0 Å². The Morgan fingerprint density at radius 2 is 1.74 bits per heavy atom. The molecule has 2 aliphatic rings. The van der Waals surface area contributed by atoms with Gasteiger partial charge in [0, 0.05) is 62.3 Å². The number of rotatable bonds is 14. The summed E-state index contributed by atoms with van der Waals surface area (Å²) >= 11 is 0. The maximum atomic E-state index is 14.0. The van der Waals surface area contributed by atoms with Gasteiger partial charge in [-0.2, -0.15) is 5.10 Å². The number of aliphatic carboxylic acids is 1. The Kier molecular flexibility index (Phi) is 12.4. The number of unbranched alkanes of at least 4 members (excludes halogenated alkanes) is 3. The van der Waals surface area contributed by atoms with Gasteiger partial charge in [-0.05, 0) is 86.2 Å². The van der Waals surface area contributed by atoms with E-state index >= 15 is 0 Å². The van der Waals surface area contributed by atoms with Crippen LogP contribution in [0, 0.1) is 0 Å². The predicted molar refractivity (Wildman–Crippen MR) is 213 cm³/mol. The molecule has 15 heteroatoms. The van der Waals surface area contributed by atoms with Crippen LogP contribution in [0.1, 0.15) is 87.5 Å². The fourth-order valence-corrected chi connectivity index (χ4v) is 7.02. The van der Waals surface area contributed by atoms with Crippen molar-refractivity contribution in [2.24, 2.45) is 10.8 Å². The predicted octanol–water partition coefficient (Wildman–Crippen LogP) is 6.02. The fraction of sp³-hybridized carbons (Fsp3) is 0.381. The zero-order valence-corrected chi connectivity index (χ0v) is 32.4. The van der Waals surface area contributed by atoms with E-state index in [1.807, 2.05) is 60.7 Å². The molecule has 57 heavy (non-hydrogen) atoms. The summed E-state index contributed by atoms with van der Waals surface area (Å²) in [5, 5.41) is 20.1. The van der Waals surface area contributed by atoms with Crippen LogP contribution in [0.4, 0.5) is 15.3 Å². The molecule has 4 aromatic rings. The van der Waals surface area contributed by atoms with Crippen molar-refractivity contribution in [3.05, 3.63) is 102 Å². The second-order valence-electron chi connectivity index (χ2n) is 15.3. The maximum Gasteiger partial charge on any atom is 0.411 e. The molecule has 0 saturated heterocycles. The number of carboxylic acid groups (broad SMARTS) is 1. The van der Waals surface area contributed by atoms with Crippen LogP contribution < -0.4 is 11.1 Å². The number of nitrogens with zero attached hydrogens (tertiary/aromatic N) is 6. The molecule has 0 aliphatic carbocycles. The first-order chi connectivity index (χ1) is 27.3. The number of pyridine rings is 2. The van der Waals surface area contributed by atoms with Crippen LogP contribution in [0.3, 0.4) is 0 Å². The summed E-state index contributed by atoms with van der Waals surface area (Å²) in [4.78, 5) is 75.2. The van der Waals surface area contributed by atoms with Crippen molar-refractivity contribution >= 4 is 52.2 Å². The number of carbonyl (C=O) groups excluding carboxylic acids is 4. The quantitative estimate of drug-likeness (QED) is 0.128. The molecule has 2 atom stereocenters. The molecule has 0 fully saturated rings. The molecule has 0 radical (unpaired) electrons. The van der Waals surface area contributed by atoms with Crippen molar-refractivity contribution < 1.29 is 33.8 Å². The fourth-order valence-electron chi connectivity index (χ4n) is 7.02. The number of urea groups is 1. The second-order valence-corrected chi connectivity index (χ2v) is 15.3. The first-order valence-corrected chi connectivity index (χ1v) is 19.1. The van der Waals surface area contributed by atoms with Crippen molar-refractivity contribution in [1.82, 2.24) is 24.8 Å². The largest absolute Gasteiger partial charge is 0.480 e. The summed E-state index contributed by atoms with van der Waals surface area (Å²) < 4.78 is 5.44. The summed E-state index contributed by atoms with van der Waals surface area (Å²) in [7, 11) is 0. The van der Waals surface area contributed by atoms with Gasteiger partial charge in [-0.25, -0.2) is 19.4 Å². The molecule has 0 saturated carbocycles. The number of primary amides is 1. The minimum absolute atomic E-state index is 0.0434. The summed E-state index contributed by atoms with van der Waals surface area (Å²) in [5.74, 6) is -2.83. The lowest BCUT2D eigenvalue weighted by atomic mass is 9.88. The van der Waals surface area contributed by atoms with Gasteiger partial charge < -0.3 is 25.8 Å². The number of hydrogen-bond acceptors (Lipinski definition) is 9. The van der Waals surface area contributed by atoms with Gasteiger partial charge in [-0.15, -0.1) is 0 Å². The molecule has 0 spiro atoms. The number of hydrazone groups is 1. The average Bonchev–Trinajstić information content (AvgIpc) is 3.62. The first-order valence-electron chi connectivity index (χ1n) is 19.1. The van der Waals surface area contributed by atoms with Crippen LogP contribution in [0.15, 0.2) is 84.4 Å². The lowest BCUT2D eigenvalue weighted by Crippen LogP contribution is -2.49. The number of anilines is 1. The molecule has 2 aromatic carbocycles. The highest BCUT2D eigenvalue weighted by molar-refractivity contribution is 6.06. The minimum Gasteiger partial charge on any atom is -0.480 e. The number of aromatic nitrogens is 2. The van der Waals surface area contributed by atoms with E-state index < -0.39 is 42.0 Å². The van der Waals surface area contributed by atoms with E-state index in [2.05, 4.69) is 15.3 Å². The SMILES string of the molecule is CC(C)(C)OC(=O)N(CCCCCCN1N=C(c2ccc(NC(=O)N3Cc4ccncc4C3)cc2)CC(c2ccc3cccnc3c2)C1=O)[C@H](CC(N)=O)C(=O)O. The Labute approximate surface area is 330 Å². The summed E-state index contributed by atoms with van der Waals surface area (Å²) in [5.41, 5.74) is 10.3. The molecule has 1 unspecified atom stereocenters. The van der Waals surface area contributed by atoms with E-state index in [4.69, 9.17) is 15.6 Å². The van der Waals surface area contributed by atoms with Gasteiger partial charge in [-0.1, -0.05) is 43.2 Å². The van der Waals surface area contributed by atoms with E-state index in [9.17, 15) is 29.1 Å². The van der Waals surface area contributed by atoms with Gasteiger partial charge in [0.15, 0.2) is 0 Å². The van der Waals surface area contributed by atoms with Gasteiger partial charge in [0.2, 0.25) is 5.91 Å². The number of nitrogens with one attached hydrogen (secondary N) is 1. The van der Waals surface area contributed by atoms with Gasteiger partial charge in [0.1, 0.15) is 11.6 Å². The monoisotopic (exact) mass is 776 g/mol. The number of nitrogens with two attached hydrogens (primary N) is 1. The van der Waals surface area contributed by atoms with E-state index in [1.165, 1.54) is 5.01 Å². The van der Waals surface area contributed by atoms with E-state index in [1.54, 1.807) is 44.3 Å². The lowest BCUT2D eigenvalue weighted by molar-refractivity contribution is -0.145. The third kappa shape index (κ3) is 10.3. The Morgan fingerprint density at radius 3 is 2.46 bits per heavy atom. The Morgan fingerprint density at radius 1 is 0.982 bits per heavy atom. The highest BCUT2D eigenvalue weighted by atomic mass is 16.6. The molecule has 6 rings (SSSR count). The van der Waals surface area contributed by atoms with Crippen LogP contribution in [0.2, 0.25) is 0 Å². The molecule has 0 bridgehead atoms. The molecule has 15 nitrogen and oxygen atoms in total. The van der Waals surface area contributed by atoms with Gasteiger partial charge in [0.25, 0.3) is 5.91 Å². The van der Waals surface area contributed by atoms with E-state index in [0.717, 1.165) is 43.8 Å². The number of hydrogen-bond donors (Lipinski definition) is 3. The summed E-state index contributed by atoms with van der Waals surface area (Å²) in [6, 6.07) is 17.4. The third-order valence-corrected chi connectivity index (χ3v) is 9.91. The van der Waals surface area contributed by atoms with Crippen LogP contribution in [-0.4, -0.2) is 90.2 Å². The maximum absolute atomic E-state index is 14.0. The van der Waals surface area contributed by atoms with Gasteiger partial charge in [0.05, 0.1) is 23.6 Å². The standard InChI is InChI=1S/C42H48N8O7/c1-42(2,3)57-41(56)49(36(39(53)54)23-37(43)51)19-6-4-5-7-20-50-38(52)33(29-11-10-27-9-8-17-45-34(27)21-29)22-35(47-50)28-12-14-32(15-13-28)46-40(55)48-25-30-16-18-44-24-31(30)26-48/h8-18,21,24,33,36H,4-7,19-20,22-23,25-26H2,1-3H3,(H2,43,51)(H,46,55)(H,53,54)/t33?,36-/m1/s1. The van der Waals surface area contributed by atoms with Crippen LogP contribution in [-0.2, 0) is 32.2 Å². The highest BCUT2D eigenvalue weighted by Crippen LogP contribution is 2.32. The lowest BCUT2D eigenvalue weighted by Gasteiger charge is -2.31. The molecule has 4 heterocycles. The Hall–Kier alpha value is -6.38. The normalized spacial score (nSPS) is 15.8. The Balaban J connectivity index is 1.12. The second kappa shape index (κ2) is 17.6. The van der Waals surface area contributed by atoms with Crippen molar-refractivity contribution in [3.8, 4) is 0 Å². The van der Waals surface area contributed by atoms with Crippen LogP contribution in [0.25, 0.3) is 10.9 Å². The number of benzene rings is 2. The van der Waals surface area contributed by atoms with E-state index in [0.29, 0.717) is 57.4 Å². The van der Waals surface area contributed by atoms with Crippen molar-refractivity contribution in [2.75, 3.05) is 18.4 Å². The smallest absolute Gasteiger partial charge is 0.411 e. The number of ether oxygens (including phenoxy) is 1. The van der Waals surface area contributed by atoms with Crippen LogP contribution >= 0.6 is 0 Å². The first kappa shape index (κ1) is 40.3. The Bertz CT molecular complexity index is 2140. The highest BCUT2D eigenvalue weighted by Gasteiger charge is 2.35. The number of carboxylic acids is 1. The molecular formula is C42H48N8O7. The van der Waals surface area contributed by atoms with Crippen molar-refractivity contribution in [3.63, 3.8) is 0 Å². The molecule has 2 aromatic heterocycles. The zero-order chi connectivity index (χ0) is 40.7. The molecular weight excluding hydrogens is 729 g/mol. The van der Waals surface area contributed by atoms with Crippen molar-refractivity contribution in [2.45, 2.75) is 89.9 Å². The number of fused-ring (bicyclic) bond motifs is 2. The molecule has 2 aliphatic heterocycles.